The van der Waals surface area contributed by atoms with E-state index in [1.54, 1.807) is 30.4 Å². The van der Waals surface area contributed by atoms with Crippen molar-refractivity contribution in [3.8, 4) is 11.5 Å². The number of hydrogen-bond donors (Lipinski definition) is 0. The Morgan fingerprint density at radius 2 is 1.97 bits per heavy atom. The number of piperidine rings is 1. The number of aromatic nitrogens is 7. The molecule has 4 aromatic heterocycles. The highest BCUT2D eigenvalue weighted by molar-refractivity contribution is 5.68. The SMILES string of the molecule is Cn1cnc2ncn(Cc3nc(C4[C@H]5CN(c6cccc(-c7ncco7)c6)C[C@@H]45)no3)c(=O)c21. The van der Waals surface area contributed by atoms with Crippen LogP contribution >= 0.6 is 0 Å². The van der Waals surface area contributed by atoms with Gasteiger partial charge in [-0.1, -0.05) is 11.2 Å². The van der Waals surface area contributed by atoms with E-state index in [2.05, 4.69) is 42.1 Å². The van der Waals surface area contributed by atoms with Crippen molar-refractivity contribution < 1.29 is 8.94 Å². The van der Waals surface area contributed by atoms with Crippen molar-refractivity contribution in [2.24, 2.45) is 18.9 Å². The van der Waals surface area contributed by atoms with Crippen molar-refractivity contribution in [1.29, 1.82) is 0 Å². The third-order valence-corrected chi connectivity index (χ3v) is 6.87. The lowest BCUT2D eigenvalue weighted by Gasteiger charge is -2.21. The van der Waals surface area contributed by atoms with Gasteiger partial charge in [-0.15, -0.1) is 0 Å². The van der Waals surface area contributed by atoms with Gasteiger partial charge in [0.05, 0.1) is 12.5 Å². The molecular weight excluding hydrogens is 436 g/mol. The van der Waals surface area contributed by atoms with Crippen LogP contribution in [0.15, 0.2) is 63.1 Å². The van der Waals surface area contributed by atoms with Crippen LogP contribution in [0.5, 0.6) is 0 Å². The number of oxazole rings is 1. The van der Waals surface area contributed by atoms with Crippen LogP contribution in [0.4, 0.5) is 5.69 Å². The lowest BCUT2D eigenvalue weighted by Crippen LogP contribution is -2.24. The first kappa shape index (κ1) is 19.2. The first-order valence-corrected chi connectivity index (χ1v) is 11.1. The molecule has 2 fully saturated rings. The summed E-state index contributed by atoms with van der Waals surface area (Å²) >= 11 is 0. The predicted octanol–water partition coefficient (Wildman–Crippen LogP) is 2.07. The predicted molar refractivity (Wildman–Crippen MR) is 120 cm³/mol. The van der Waals surface area contributed by atoms with Crippen LogP contribution in [0.25, 0.3) is 22.6 Å². The van der Waals surface area contributed by atoms with Crippen LogP contribution in [0, 0.1) is 11.8 Å². The maximum absolute atomic E-state index is 12.8. The van der Waals surface area contributed by atoms with E-state index in [1.165, 1.54) is 10.9 Å². The van der Waals surface area contributed by atoms with Gasteiger partial charge in [0.2, 0.25) is 11.8 Å². The summed E-state index contributed by atoms with van der Waals surface area (Å²) in [7, 11) is 1.77. The highest BCUT2D eigenvalue weighted by Gasteiger charge is 2.58. The van der Waals surface area contributed by atoms with Gasteiger partial charge in [-0.3, -0.25) is 9.36 Å². The summed E-state index contributed by atoms with van der Waals surface area (Å²) in [5.41, 5.74) is 2.82. The topological polar surface area (TPSA) is 121 Å². The van der Waals surface area contributed by atoms with Gasteiger partial charge in [-0.25, -0.2) is 15.0 Å². The highest BCUT2D eigenvalue weighted by Crippen LogP contribution is 2.58. The van der Waals surface area contributed by atoms with E-state index in [9.17, 15) is 4.79 Å². The number of fused-ring (bicyclic) bond motifs is 2. The molecule has 1 unspecified atom stereocenters. The Morgan fingerprint density at radius 1 is 1.12 bits per heavy atom. The largest absolute Gasteiger partial charge is 0.445 e. The minimum absolute atomic E-state index is 0.182. The first-order chi connectivity index (χ1) is 16.7. The van der Waals surface area contributed by atoms with E-state index < -0.39 is 0 Å². The molecule has 1 aromatic carbocycles. The van der Waals surface area contributed by atoms with Gasteiger partial charge in [0.1, 0.15) is 19.1 Å². The van der Waals surface area contributed by atoms with Crippen LogP contribution in [0.2, 0.25) is 0 Å². The molecule has 11 heteroatoms. The van der Waals surface area contributed by atoms with Gasteiger partial charge in [0, 0.05) is 37.3 Å². The number of nitrogens with zero attached hydrogens (tertiary/aromatic N) is 8. The van der Waals surface area contributed by atoms with Gasteiger partial charge in [-0.2, -0.15) is 4.98 Å². The van der Waals surface area contributed by atoms with Crippen LogP contribution in [0.3, 0.4) is 0 Å². The summed E-state index contributed by atoms with van der Waals surface area (Å²) < 4.78 is 14.0. The number of aryl methyl sites for hydroxylation is 1. The standard InChI is InChI=1S/C23H20N8O3/c1-29-11-25-21-19(29)23(32)31(12-26-21)10-17-27-20(28-34-17)18-15-8-30(9-16(15)18)14-4-2-3-13(7-14)22-24-5-6-33-22/h2-7,11-12,15-16,18H,8-10H2,1H3/t15-,16+,18?. The number of rotatable bonds is 5. The van der Waals surface area contributed by atoms with E-state index in [4.69, 9.17) is 8.94 Å². The minimum atomic E-state index is -0.185. The fourth-order valence-corrected chi connectivity index (χ4v) is 5.12. The zero-order chi connectivity index (χ0) is 22.8. The molecule has 1 saturated heterocycles. The molecule has 170 valence electrons. The van der Waals surface area contributed by atoms with Crippen molar-refractivity contribution in [3.05, 3.63) is 71.4 Å². The molecule has 7 rings (SSSR count). The molecule has 5 aromatic rings. The number of hydrogen-bond acceptors (Lipinski definition) is 9. The van der Waals surface area contributed by atoms with E-state index in [1.807, 2.05) is 12.1 Å². The molecule has 5 heterocycles. The molecule has 0 spiro atoms. The lowest BCUT2D eigenvalue weighted by atomic mass is 10.1. The molecule has 11 nitrogen and oxygen atoms in total. The Kier molecular flexibility index (Phi) is 4.02. The molecular formula is C23H20N8O3. The smallest absolute Gasteiger partial charge is 0.280 e. The molecule has 1 saturated carbocycles. The van der Waals surface area contributed by atoms with E-state index in [0.717, 1.165) is 30.2 Å². The lowest BCUT2D eigenvalue weighted by molar-refractivity contribution is 0.363. The fourth-order valence-electron chi connectivity index (χ4n) is 5.12. The average molecular weight is 456 g/mol. The van der Waals surface area contributed by atoms with Crippen LogP contribution in [-0.2, 0) is 13.6 Å². The molecule has 0 amide bonds. The van der Waals surface area contributed by atoms with Crippen molar-refractivity contribution in [2.75, 3.05) is 18.0 Å². The van der Waals surface area contributed by atoms with Crippen molar-refractivity contribution in [3.63, 3.8) is 0 Å². The number of imidazole rings is 1. The summed E-state index contributed by atoms with van der Waals surface area (Å²) in [4.78, 5) is 32.3. The van der Waals surface area contributed by atoms with Gasteiger partial charge in [0.15, 0.2) is 17.0 Å². The third kappa shape index (κ3) is 2.96. The maximum Gasteiger partial charge on any atom is 0.280 e. The quantitative estimate of drug-likeness (QED) is 0.391. The average Bonchev–Trinajstić information content (AvgIpc) is 3.47. The summed E-state index contributed by atoms with van der Waals surface area (Å²) in [5.74, 6) is 3.03. The number of anilines is 1. The molecule has 34 heavy (non-hydrogen) atoms. The Morgan fingerprint density at radius 3 is 2.79 bits per heavy atom. The monoisotopic (exact) mass is 456 g/mol. The molecule has 3 atom stereocenters. The Bertz CT molecular complexity index is 1550. The zero-order valence-electron chi connectivity index (χ0n) is 18.3. The van der Waals surface area contributed by atoms with Crippen molar-refractivity contribution in [2.45, 2.75) is 12.5 Å². The maximum atomic E-state index is 12.8. The van der Waals surface area contributed by atoms with E-state index in [0.29, 0.717) is 34.8 Å². The molecule has 2 aliphatic rings. The second kappa shape index (κ2) is 7.11. The summed E-state index contributed by atoms with van der Waals surface area (Å²) in [5, 5.41) is 4.22. The van der Waals surface area contributed by atoms with Crippen LogP contribution in [-0.4, -0.2) is 47.3 Å². The van der Waals surface area contributed by atoms with E-state index in [-0.39, 0.29) is 18.0 Å². The van der Waals surface area contributed by atoms with Crippen molar-refractivity contribution in [1.82, 2.24) is 34.2 Å². The Labute approximate surface area is 192 Å². The minimum Gasteiger partial charge on any atom is -0.445 e. The first-order valence-electron chi connectivity index (χ1n) is 11.1. The molecule has 1 aliphatic heterocycles. The Hall–Kier alpha value is -4.28. The summed E-state index contributed by atoms with van der Waals surface area (Å²) in [6.45, 7) is 2.06. The van der Waals surface area contributed by atoms with Gasteiger partial charge < -0.3 is 18.4 Å². The highest BCUT2D eigenvalue weighted by atomic mass is 16.5. The molecule has 0 bridgehead atoms. The van der Waals surface area contributed by atoms with Gasteiger partial charge >= 0.3 is 0 Å². The molecule has 0 N–H and O–H groups in total. The normalized spacial score (nSPS) is 21.3. The van der Waals surface area contributed by atoms with E-state index >= 15 is 0 Å². The summed E-state index contributed by atoms with van der Waals surface area (Å²) in [6, 6.07) is 8.26. The molecule has 1 aliphatic carbocycles. The van der Waals surface area contributed by atoms with Crippen molar-refractivity contribution >= 4 is 16.9 Å². The molecule has 0 radical (unpaired) electrons. The van der Waals surface area contributed by atoms with Crippen LogP contribution < -0.4 is 10.5 Å². The second-order valence-electron chi connectivity index (χ2n) is 8.90. The zero-order valence-corrected chi connectivity index (χ0v) is 18.3. The second-order valence-corrected chi connectivity index (χ2v) is 8.90. The fraction of sp³-hybridized carbons (Fsp3) is 0.304. The number of benzene rings is 1. The van der Waals surface area contributed by atoms with Crippen LogP contribution in [0.1, 0.15) is 17.6 Å². The Balaban J connectivity index is 1.05. The van der Waals surface area contributed by atoms with Gasteiger partial charge in [0.25, 0.3) is 5.56 Å². The third-order valence-electron chi connectivity index (χ3n) is 6.87. The van der Waals surface area contributed by atoms with Gasteiger partial charge in [-0.05, 0) is 30.0 Å². The summed E-state index contributed by atoms with van der Waals surface area (Å²) in [6.07, 6.45) is 6.28.